The standard InChI is InChI=1S/C10H13ClO2/c1-7(6-12)10-8(11)4-3-5-9(10)13-2/h3-5,7,12H,6H2,1-2H3. The van der Waals surface area contributed by atoms with Gasteiger partial charge in [0.15, 0.2) is 0 Å². The molecule has 3 heteroatoms. The van der Waals surface area contributed by atoms with E-state index in [2.05, 4.69) is 0 Å². The van der Waals surface area contributed by atoms with Crippen molar-refractivity contribution in [2.24, 2.45) is 0 Å². The lowest BCUT2D eigenvalue weighted by Gasteiger charge is -2.14. The zero-order valence-electron chi connectivity index (χ0n) is 7.75. The third-order valence-electron chi connectivity index (χ3n) is 2.00. The Morgan fingerprint density at radius 2 is 2.23 bits per heavy atom. The van der Waals surface area contributed by atoms with Crippen LogP contribution >= 0.6 is 11.6 Å². The number of halogens is 1. The maximum absolute atomic E-state index is 9.02. The van der Waals surface area contributed by atoms with Gasteiger partial charge in [-0.05, 0) is 12.1 Å². The first kappa shape index (κ1) is 10.4. The quantitative estimate of drug-likeness (QED) is 0.812. The summed E-state index contributed by atoms with van der Waals surface area (Å²) in [4.78, 5) is 0. The molecule has 0 aliphatic carbocycles. The van der Waals surface area contributed by atoms with Crippen LogP contribution in [0.15, 0.2) is 18.2 Å². The van der Waals surface area contributed by atoms with Crippen LogP contribution in [0.2, 0.25) is 5.02 Å². The predicted molar refractivity (Wildman–Crippen MR) is 53.5 cm³/mol. The third kappa shape index (κ3) is 2.14. The molecule has 0 fully saturated rings. The van der Waals surface area contributed by atoms with Gasteiger partial charge in [0.1, 0.15) is 5.75 Å². The lowest BCUT2D eigenvalue weighted by atomic mass is 10.0. The van der Waals surface area contributed by atoms with E-state index < -0.39 is 0 Å². The van der Waals surface area contributed by atoms with Gasteiger partial charge in [-0.1, -0.05) is 24.6 Å². The van der Waals surface area contributed by atoms with Gasteiger partial charge in [0, 0.05) is 23.1 Å². The van der Waals surface area contributed by atoms with Crippen molar-refractivity contribution in [1.29, 1.82) is 0 Å². The van der Waals surface area contributed by atoms with Crippen molar-refractivity contribution in [3.05, 3.63) is 28.8 Å². The van der Waals surface area contributed by atoms with E-state index in [0.29, 0.717) is 5.02 Å². The summed E-state index contributed by atoms with van der Waals surface area (Å²) in [7, 11) is 1.60. The van der Waals surface area contributed by atoms with Crippen molar-refractivity contribution >= 4 is 11.6 Å². The van der Waals surface area contributed by atoms with E-state index in [4.69, 9.17) is 21.4 Å². The van der Waals surface area contributed by atoms with Gasteiger partial charge in [0.05, 0.1) is 7.11 Å². The largest absolute Gasteiger partial charge is 0.496 e. The van der Waals surface area contributed by atoms with E-state index in [0.717, 1.165) is 11.3 Å². The molecule has 0 aliphatic rings. The molecule has 0 aromatic heterocycles. The molecule has 1 atom stereocenters. The molecule has 1 unspecified atom stereocenters. The van der Waals surface area contributed by atoms with Crippen molar-refractivity contribution in [2.75, 3.05) is 13.7 Å². The van der Waals surface area contributed by atoms with Gasteiger partial charge in [0.25, 0.3) is 0 Å². The maximum Gasteiger partial charge on any atom is 0.123 e. The first-order valence-electron chi connectivity index (χ1n) is 4.14. The minimum atomic E-state index is 0.00338. The van der Waals surface area contributed by atoms with Crippen LogP contribution in [0.4, 0.5) is 0 Å². The normalized spacial score (nSPS) is 12.6. The summed E-state index contributed by atoms with van der Waals surface area (Å²) in [6.07, 6.45) is 0. The summed E-state index contributed by atoms with van der Waals surface area (Å²) in [5, 5.41) is 9.66. The average Bonchev–Trinajstić information content (AvgIpc) is 2.16. The average molecular weight is 201 g/mol. The molecule has 0 radical (unpaired) electrons. The highest BCUT2D eigenvalue weighted by atomic mass is 35.5. The monoisotopic (exact) mass is 200 g/mol. The van der Waals surface area contributed by atoms with E-state index in [1.54, 1.807) is 13.2 Å². The molecular weight excluding hydrogens is 188 g/mol. The first-order valence-corrected chi connectivity index (χ1v) is 4.51. The Bertz CT molecular complexity index is 286. The summed E-state index contributed by atoms with van der Waals surface area (Å²) in [5.74, 6) is 0.734. The van der Waals surface area contributed by atoms with Gasteiger partial charge in [-0.3, -0.25) is 0 Å². The van der Waals surface area contributed by atoms with Crippen molar-refractivity contribution < 1.29 is 9.84 Å². The minimum absolute atomic E-state index is 0.00338. The van der Waals surface area contributed by atoms with Gasteiger partial charge in [-0.2, -0.15) is 0 Å². The fourth-order valence-corrected chi connectivity index (χ4v) is 1.62. The van der Waals surface area contributed by atoms with Crippen molar-refractivity contribution in [2.45, 2.75) is 12.8 Å². The van der Waals surface area contributed by atoms with Crippen LogP contribution < -0.4 is 4.74 Å². The van der Waals surface area contributed by atoms with Crippen molar-refractivity contribution in [3.8, 4) is 5.75 Å². The zero-order chi connectivity index (χ0) is 9.84. The van der Waals surface area contributed by atoms with Crippen molar-refractivity contribution in [3.63, 3.8) is 0 Å². The summed E-state index contributed by atoms with van der Waals surface area (Å²) in [5.41, 5.74) is 0.870. The fraction of sp³-hybridized carbons (Fsp3) is 0.400. The molecule has 0 bridgehead atoms. The van der Waals surface area contributed by atoms with E-state index >= 15 is 0 Å². The SMILES string of the molecule is COc1cccc(Cl)c1C(C)CO. The lowest BCUT2D eigenvalue weighted by molar-refractivity contribution is 0.270. The second kappa shape index (κ2) is 4.49. The molecule has 72 valence electrons. The number of hydrogen-bond donors (Lipinski definition) is 1. The predicted octanol–water partition coefficient (Wildman–Crippen LogP) is 2.44. The summed E-state index contributed by atoms with van der Waals surface area (Å²) < 4.78 is 5.15. The molecule has 0 aliphatic heterocycles. The third-order valence-corrected chi connectivity index (χ3v) is 2.33. The molecule has 0 spiro atoms. The number of hydrogen-bond acceptors (Lipinski definition) is 2. The number of methoxy groups -OCH3 is 1. The molecule has 13 heavy (non-hydrogen) atoms. The highest BCUT2D eigenvalue weighted by Crippen LogP contribution is 2.32. The Morgan fingerprint density at radius 1 is 1.54 bits per heavy atom. The first-order chi connectivity index (χ1) is 6.20. The van der Waals surface area contributed by atoms with Crippen LogP contribution in [0.3, 0.4) is 0 Å². The number of benzene rings is 1. The van der Waals surface area contributed by atoms with Crippen LogP contribution in [-0.2, 0) is 0 Å². The lowest BCUT2D eigenvalue weighted by Crippen LogP contribution is -2.02. The zero-order valence-corrected chi connectivity index (χ0v) is 8.51. The molecular formula is C10H13ClO2. The molecule has 1 N–H and O–H groups in total. The Morgan fingerprint density at radius 3 is 2.77 bits per heavy atom. The Labute approximate surface area is 83.1 Å². The Hall–Kier alpha value is -0.730. The second-order valence-electron chi connectivity index (χ2n) is 2.94. The second-order valence-corrected chi connectivity index (χ2v) is 3.35. The number of aliphatic hydroxyl groups is 1. The van der Waals surface area contributed by atoms with Gasteiger partial charge in [0.2, 0.25) is 0 Å². The van der Waals surface area contributed by atoms with Crippen LogP contribution in [0.5, 0.6) is 5.75 Å². The number of ether oxygens (including phenoxy) is 1. The molecule has 1 rings (SSSR count). The minimum Gasteiger partial charge on any atom is -0.496 e. The molecule has 0 saturated carbocycles. The molecule has 0 amide bonds. The van der Waals surface area contributed by atoms with E-state index in [1.165, 1.54) is 0 Å². The summed E-state index contributed by atoms with van der Waals surface area (Å²) >= 11 is 5.99. The maximum atomic E-state index is 9.02. The molecule has 0 heterocycles. The molecule has 0 saturated heterocycles. The Balaban J connectivity index is 3.14. The molecule has 1 aromatic carbocycles. The van der Waals surface area contributed by atoms with Crippen LogP contribution in [0.25, 0.3) is 0 Å². The van der Waals surface area contributed by atoms with Gasteiger partial charge >= 0.3 is 0 Å². The summed E-state index contributed by atoms with van der Waals surface area (Å²) in [6, 6.07) is 5.47. The Kier molecular flexibility index (Phi) is 3.58. The smallest absolute Gasteiger partial charge is 0.123 e. The summed E-state index contributed by atoms with van der Waals surface area (Å²) in [6.45, 7) is 1.98. The van der Waals surface area contributed by atoms with Gasteiger partial charge in [-0.25, -0.2) is 0 Å². The molecule has 2 nitrogen and oxygen atoms in total. The topological polar surface area (TPSA) is 29.5 Å². The number of aliphatic hydroxyl groups excluding tert-OH is 1. The fourth-order valence-electron chi connectivity index (χ4n) is 1.26. The van der Waals surface area contributed by atoms with Crippen LogP contribution in [0.1, 0.15) is 18.4 Å². The van der Waals surface area contributed by atoms with Crippen LogP contribution in [0, 0.1) is 0 Å². The highest BCUT2D eigenvalue weighted by Gasteiger charge is 2.13. The number of rotatable bonds is 3. The van der Waals surface area contributed by atoms with E-state index in [1.807, 2.05) is 19.1 Å². The van der Waals surface area contributed by atoms with Gasteiger partial charge < -0.3 is 9.84 Å². The molecule has 1 aromatic rings. The van der Waals surface area contributed by atoms with E-state index in [-0.39, 0.29) is 12.5 Å². The highest BCUT2D eigenvalue weighted by molar-refractivity contribution is 6.31. The van der Waals surface area contributed by atoms with Gasteiger partial charge in [-0.15, -0.1) is 0 Å². The van der Waals surface area contributed by atoms with E-state index in [9.17, 15) is 0 Å². The van der Waals surface area contributed by atoms with Crippen molar-refractivity contribution in [1.82, 2.24) is 0 Å². The van der Waals surface area contributed by atoms with Crippen LogP contribution in [-0.4, -0.2) is 18.8 Å².